The number of hydrogen-bond donors (Lipinski definition) is 3. The largest absolute Gasteiger partial charge is 0.481 e. The Labute approximate surface area is 124 Å². The standard InChI is InChI=1S/C14H24N2O3S/c1-2-20-12-5-3-4-11(12)16-14(19)15-10-7-6-9(8-10)13(17)18/h9-12H,2-8H2,1H3,(H,17,18)(H2,15,16,19). The zero-order chi connectivity index (χ0) is 14.5. The van der Waals surface area contributed by atoms with Crippen LogP contribution >= 0.6 is 11.8 Å². The minimum Gasteiger partial charge on any atom is -0.481 e. The summed E-state index contributed by atoms with van der Waals surface area (Å²) < 4.78 is 0. The number of carboxylic acid groups (broad SMARTS) is 1. The Balaban J connectivity index is 1.74. The quantitative estimate of drug-likeness (QED) is 0.727. The predicted octanol–water partition coefficient (Wildman–Crippen LogP) is 2.21. The van der Waals surface area contributed by atoms with Crippen molar-refractivity contribution in [1.82, 2.24) is 10.6 Å². The molecule has 0 aromatic carbocycles. The van der Waals surface area contributed by atoms with Crippen molar-refractivity contribution in [3.63, 3.8) is 0 Å². The summed E-state index contributed by atoms with van der Waals surface area (Å²) in [5.41, 5.74) is 0. The monoisotopic (exact) mass is 300 g/mol. The molecule has 4 unspecified atom stereocenters. The minimum absolute atomic E-state index is 0.00906. The normalized spacial score (nSPS) is 33.0. The Morgan fingerprint density at radius 3 is 2.65 bits per heavy atom. The third-order valence-electron chi connectivity index (χ3n) is 4.27. The molecule has 6 heteroatoms. The molecule has 2 saturated carbocycles. The van der Waals surface area contributed by atoms with Crippen LogP contribution in [0.2, 0.25) is 0 Å². The molecular formula is C14H24N2O3S. The zero-order valence-corrected chi connectivity index (χ0v) is 12.7. The zero-order valence-electron chi connectivity index (χ0n) is 11.9. The van der Waals surface area contributed by atoms with E-state index in [4.69, 9.17) is 5.11 Å². The molecule has 2 rings (SSSR count). The molecule has 2 fully saturated rings. The number of aliphatic carboxylic acids is 1. The van der Waals surface area contributed by atoms with Crippen molar-refractivity contribution in [2.45, 2.75) is 62.8 Å². The fourth-order valence-corrected chi connectivity index (χ4v) is 4.43. The van der Waals surface area contributed by atoms with Gasteiger partial charge in [-0.3, -0.25) is 4.79 Å². The van der Waals surface area contributed by atoms with Gasteiger partial charge in [0, 0.05) is 17.3 Å². The van der Waals surface area contributed by atoms with E-state index >= 15 is 0 Å². The summed E-state index contributed by atoms with van der Waals surface area (Å²) in [5.74, 6) is 0.0352. The van der Waals surface area contributed by atoms with Gasteiger partial charge >= 0.3 is 12.0 Å². The van der Waals surface area contributed by atoms with E-state index in [2.05, 4.69) is 17.6 Å². The molecule has 20 heavy (non-hydrogen) atoms. The second-order valence-electron chi connectivity index (χ2n) is 5.69. The second kappa shape index (κ2) is 7.20. The maximum atomic E-state index is 12.0. The first kappa shape index (κ1) is 15.5. The fraction of sp³-hybridized carbons (Fsp3) is 0.857. The Kier molecular flexibility index (Phi) is 5.57. The summed E-state index contributed by atoms with van der Waals surface area (Å²) in [6.07, 6.45) is 5.38. The summed E-state index contributed by atoms with van der Waals surface area (Å²) >= 11 is 1.92. The van der Waals surface area contributed by atoms with Crippen LogP contribution in [0.1, 0.15) is 45.4 Å². The van der Waals surface area contributed by atoms with Crippen molar-refractivity contribution < 1.29 is 14.7 Å². The molecule has 114 valence electrons. The van der Waals surface area contributed by atoms with Crippen LogP contribution in [-0.4, -0.2) is 40.2 Å². The first-order chi connectivity index (χ1) is 9.60. The van der Waals surface area contributed by atoms with Crippen molar-refractivity contribution in [2.24, 2.45) is 5.92 Å². The van der Waals surface area contributed by atoms with Crippen LogP contribution in [0.4, 0.5) is 4.79 Å². The number of thioether (sulfide) groups is 1. The molecule has 2 aliphatic carbocycles. The fourth-order valence-electron chi connectivity index (χ4n) is 3.24. The van der Waals surface area contributed by atoms with E-state index in [1.807, 2.05) is 11.8 Å². The maximum absolute atomic E-state index is 12.0. The average molecular weight is 300 g/mol. The van der Waals surface area contributed by atoms with Gasteiger partial charge in [0.15, 0.2) is 0 Å². The number of urea groups is 1. The lowest BCUT2D eigenvalue weighted by Gasteiger charge is -2.22. The molecule has 2 aliphatic rings. The molecular weight excluding hydrogens is 276 g/mol. The highest BCUT2D eigenvalue weighted by molar-refractivity contribution is 7.99. The molecule has 5 nitrogen and oxygen atoms in total. The average Bonchev–Trinajstić information content (AvgIpc) is 3.00. The summed E-state index contributed by atoms with van der Waals surface area (Å²) in [6, 6.07) is 0.140. The highest BCUT2D eigenvalue weighted by Crippen LogP contribution is 2.30. The van der Waals surface area contributed by atoms with Crippen LogP contribution in [-0.2, 0) is 4.79 Å². The molecule has 0 bridgehead atoms. The molecule has 0 spiro atoms. The molecule has 0 aromatic rings. The second-order valence-corrected chi connectivity index (χ2v) is 7.21. The first-order valence-corrected chi connectivity index (χ1v) is 8.56. The number of carbonyl (C=O) groups is 2. The highest BCUT2D eigenvalue weighted by atomic mass is 32.2. The number of amides is 2. The van der Waals surface area contributed by atoms with Gasteiger partial charge in [-0.15, -0.1) is 0 Å². The van der Waals surface area contributed by atoms with Crippen molar-refractivity contribution in [1.29, 1.82) is 0 Å². The lowest BCUT2D eigenvalue weighted by molar-refractivity contribution is -0.141. The Hall–Kier alpha value is -0.910. The van der Waals surface area contributed by atoms with Crippen molar-refractivity contribution in [3.05, 3.63) is 0 Å². The molecule has 0 aliphatic heterocycles. The van der Waals surface area contributed by atoms with E-state index < -0.39 is 5.97 Å². The predicted molar refractivity (Wildman–Crippen MR) is 80.0 cm³/mol. The van der Waals surface area contributed by atoms with Crippen molar-refractivity contribution in [2.75, 3.05) is 5.75 Å². The summed E-state index contributed by atoms with van der Waals surface area (Å²) in [5, 5.41) is 15.5. The molecule has 0 radical (unpaired) electrons. The SMILES string of the molecule is CCSC1CCCC1NC(=O)NC1CCC(C(=O)O)C1. The molecule has 2 amide bonds. The number of hydrogen-bond acceptors (Lipinski definition) is 3. The van der Waals surface area contributed by atoms with Crippen LogP contribution in [0, 0.1) is 5.92 Å². The Bertz CT molecular complexity index is 364. The van der Waals surface area contributed by atoms with Gasteiger partial charge in [0.2, 0.25) is 0 Å². The van der Waals surface area contributed by atoms with Gasteiger partial charge in [-0.25, -0.2) is 4.79 Å². The van der Waals surface area contributed by atoms with Crippen molar-refractivity contribution in [3.8, 4) is 0 Å². The van der Waals surface area contributed by atoms with E-state index in [0.717, 1.165) is 18.6 Å². The van der Waals surface area contributed by atoms with Crippen LogP contribution in [0.3, 0.4) is 0 Å². The van der Waals surface area contributed by atoms with Gasteiger partial charge in [0.05, 0.1) is 5.92 Å². The maximum Gasteiger partial charge on any atom is 0.315 e. The van der Waals surface area contributed by atoms with Gasteiger partial charge in [-0.05, 0) is 37.9 Å². The van der Waals surface area contributed by atoms with Gasteiger partial charge in [0.25, 0.3) is 0 Å². The van der Waals surface area contributed by atoms with Crippen LogP contribution < -0.4 is 10.6 Å². The topological polar surface area (TPSA) is 78.4 Å². The van der Waals surface area contributed by atoms with E-state index in [9.17, 15) is 9.59 Å². The summed E-state index contributed by atoms with van der Waals surface area (Å²) in [4.78, 5) is 22.9. The third kappa shape index (κ3) is 4.04. The molecule has 0 saturated heterocycles. The number of carboxylic acids is 1. The van der Waals surface area contributed by atoms with Crippen LogP contribution in [0.5, 0.6) is 0 Å². The van der Waals surface area contributed by atoms with E-state index in [-0.39, 0.29) is 24.0 Å². The molecule has 0 aromatic heterocycles. The van der Waals surface area contributed by atoms with Gasteiger partial charge in [-0.2, -0.15) is 11.8 Å². The van der Waals surface area contributed by atoms with Gasteiger partial charge < -0.3 is 15.7 Å². The third-order valence-corrected chi connectivity index (χ3v) is 5.59. The Morgan fingerprint density at radius 1 is 1.20 bits per heavy atom. The van der Waals surface area contributed by atoms with Crippen LogP contribution in [0.25, 0.3) is 0 Å². The number of nitrogens with one attached hydrogen (secondary N) is 2. The van der Waals surface area contributed by atoms with Crippen molar-refractivity contribution >= 4 is 23.8 Å². The van der Waals surface area contributed by atoms with E-state index in [1.165, 1.54) is 12.8 Å². The molecule has 4 atom stereocenters. The summed E-state index contributed by atoms with van der Waals surface area (Å²) in [7, 11) is 0. The van der Waals surface area contributed by atoms with E-state index in [1.54, 1.807) is 0 Å². The van der Waals surface area contributed by atoms with Crippen LogP contribution in [0.15, 0.2) is 0 Å². The summed E-state index contributed by atoms with van der Waals surface area (Å²) in [6.45, 7) is 2.14. The van der Waals surface area contributed by atoms with Gasteiger partial charge in [0.1, 0.15) is 0 Å². The lowest BCUT2D eigenvalue weighted by Crippen LogP contribution is -2.47. The number of carbonyl (C=O) groups excluding carboxylic acids is 1. The Morgan fingerprint density at radius 2 is 2.00 bits per heavy atom. The number of rotatable bonds is 5. The molecule has 3 N–H and O–H groups in total. The lowest BCUT2D eigenvalue weighted by atomic mass is 10.1. The van der Waals surface area contributed by atoms with E-state index in [0.29, 0.717) is 18.1 Å². The first-order valence-electron chi connectivity index (χ1n) is 7.51. The minimum atomic E-state index is -0.745. The smallest absolute Gasteiger partial charge is 0.315 e. The van der Waals surface area contributed by atoms with Gasteiger partial charge in [-0.1, -0.05) is 13.3 Å². The molecule has 0 heterocycles. The highest BCUT2D eigenvalue weighted by Gasteiger charge is 2.32.